The summed E-state index contributed by atoms with van der Waals surface area (Å²) in [5.74, 6) is 0.345. The van der Waals surface area contributed by atoms with Gasteiger partial charge in [0, 0.05) is 15.8 Å². The SMILES string of the molecule is CC(C)C(NC(=O)c1ccc(CBr)cc1)c1cccs1. The van der Waals surface area contributed by atoms with E-state index in [9.17, 15) is 4.79 Å². The van der Waals surface area contributed by atoms with Gasteiger partial charge in [-0.2, -0.15) is 0 Å². The second kappa shape index (κ2) is 7.04. The third kappa shape index (κ3) is 3.70. The van der Waals surface area contributed by atoms with Gasteiger partial charge in [0.15, 0.2) is 0 Å². The van der Waals surface area contributed by atoms with Gasteiger partial charge >= 0.3 is 0 Å². The first-order chi connectivity index (χ1) is 9.61. The van der Waals surface area contributed by atoms with E-state index in [0.717, 1.165) is 5.33 Å². The predicted octanol–water partition coefficient (Wildman–Crippen LogP) is 4.77. The Labute approximate surface area is 132 Å². The summed E-state index contributed by atoms with van der Waals surface area (Å²) in [7, 11) is 0. The van der Waals surface area contributed by atoms with Gasteiger partial charge < -0.3 is 5.32 Å². The van der Waals surface area contributed by atoms with E-state index >= 15 is 0 Å². The molecule has 0 bridgehead atoms. The van der Waals surface area contributed by atoms with E-state index in [0.29, 0.717) is 11.5 Å². The van der Waals surface area contributed by atoms with E-state index < -0.39 is 0 Å². The summed E-state index contributed by atoms with van der Waals surface area (Å²) in [6, 6.07) is 11.8. The molecule has 20 heavy (non-hydrogen) atoms. The Morgan fingerprint density at radius 2 is 1.95 bits per heavy atom. The molecule has 0 aliphatic rings. The second-order valence-electron chi connectivity index (χ2n) is 5.04. The quantitative estimate of drug-likeness (QED) is 0.772. The van der Waals surface area contributed by atoms with Crippen LogP contribution in [0, 0.1) is 5.92 Å². The molecule has 2 nitrogen and oxygen atoms in total. The molecule has 0 radical (unpaired) electrons. The van der Waals surface area contributed by atoms with Gasteiger partial charge in [0.25, 0.3) is 5.91 Å². The smallest absolute Gasteiger partial charge is 0.251 e. The number of hydrogen-bond acceptors (Lipinski definition) is 2. The highest BCUT2D eigenvalue weighted by Crippen LogP contribution is 2.26. The van der Waals surface area contributed by atoms with Crippen LogP contribution in [0.25, 0.3) is 0 Å². The fourth-order valence-corrected chi connectivity index (χ4v) is 3.33. The van der Waals surface area contributed by atoms with Gasteiger partial charge in [0.05, 0.1) is 6.04 Å². The highest BCUT2D eigenvalue weighted by molar-refractivity contribution is 9.08. The molecule has 4 heteroatoms. The lowest BCUT2D eigenvalue weighted by Crippen LogP contribution is -2.31. The average molecular weight is 352 g/mol. The van der Waals surface area contributed by atoms with Gasteiger partial charge in [-0.15, -0.1) is 11.3 Å². The van der Waals surface area contributed by atoms with Crippen molar-refractivity contribution in [3.8, 4) is 0 Å². The van der Waals surface area contributed by atoms with Crippen molar-refractivity contribution < 1.29 is 4.79 Å². The van der Waals surface area contributed by atoms with Crippen molar-refractivity contribution in [2.24, 2.45) is 5.92 Å². The van der Waals surface area contributed by atoms with Crippen LogP contribution >= 0.6 is 27.3 Å². The number of halogens is 1. The van der Waals surface area contributed by atoms with Crippen molar-refractivity contribution in [3.05, 3.63) is 57.8 Å². The molecule has 1 aromatic carbocycles. The molecule has 0 spiro atoms. The molecule has 1 atom stereocenters. The van der Waals surface area contributed by atoms with Crippen LogP contribution in [0.4, 0.5) is 0 Å². The normalized spacial score (nSPS) is 12.4. The number of nitrogens with one attached hydrogen (secondary N) is 1. The first-order valence-electron chi connectivity index (χ1n) is 6.61. The lowest BCUT2D eigenvalue weighted by atomic mass is 10.0. The van der Waals surface area contributed by atoms with Crippen molar-refractivity contribution in [1.82, 2.24) is 5.32 Å². The van der Waals surface area contributed by atoms with Crippen molar-refractivity contribution in [2.45, 2.75) is 25.2 Å². The predicted molar refractivity (Wildman–Crippen MR) is 88.4 cm³/mol. The minimum Gasteiger partial charge on any atom is -0.344 e. The van der Waals surface area contributed by atoms with Crippen molar-refractivity contribution in [1.29, 1.82) is 0 Å². The molecule has 1 N–H and O–H groups in total. The number of carbonyl (C=O) groups excluding carboxylic acids is 1. The number of hydrogen-bond donors (Lipinski definition) is 1. The fraction of sp³-hybridized carbons (Fsp3) is 0.312. The van der Waals surface area contributed by atoms with E-state index in [1.807, 2.05) is 35.7 Å². The molecule has 1 amide bonds. The number of benzene rings is 1. The van der Waals surface area contributed by atoms with Crippen molar-refractivity contribution in [2.75, 3.05) is 0 Å². The van der Waals surface area contributed by atoms with E-state index in [-0.39, 0.29) is 11.9 Å². The number of alkyl halides is 1. The van der Waals surface area contributed by atoms with Crippen LogP contribution in [-0.2, 0) is 5.33 Å². The number of rotatable bonds is 5. The highest BCUT2D eigenvalue weighted by Gasteiger charge is 2.19. The fourth-order valence-electron chi connectivity index (χ4n) is 2.00. The molecule has 106 valence electrons. The Morgan fingerprint density at radius 3 is 2.45 bits per heavy atom. The van der Waals surface area contributed by atoms with Crippen LogP contribution in [0.5, 0.6) is 0 Å². The summed E-state index contributed by atoms with van der Waals surface area (Å²) < 4.78 is 0. The van der Waals surface area contributed by atoms with Gasteiger partial charge in [0.2, 0.25) is 0 Å². The molecule has 0 aliphatic carbocycles. The lowest BCUT2D eigenvalue weighted by molar-refractivity contribution is 0.0926. The van der Waals surface area contributed by atoms with Crippen LogP contribution in [0.2, 0.25) is 0 Å². The summed E-state index contributed by atoms with van der Waals surface area (Å²) in [4.78, 5) is 13.5. The third-order valence-corrected chi connectivity index (χ3v) is 4.78. The zero-order chi connectivity index (χ0) is 14.5. The molecule has 0 saturated heterocycles. The molecular weight excluding hydrogens is 334 g/mol. The van der Waals surface area contributed by atoms with E-state index in [4.69, 9.17) is 0 Å². The van der Waals surface area contributed by atoms with Crippen LogP contribution in [0.15, 0.2) is 41.8 Å². The minimum atomic E-state index is -0.0155. The van der Waals surface area contributed by atoms with Gasteiger partial charge in [0.1, 0.15) is 0 Å². The maximum atomic E-state index is 12.3. The zero-order valence-corrected chi connectivity index (χ0v) is 14.0. The summed E-state index contributed by atoms with van der Waals surface area (Å²) in [5.41, 5.74) is 1.87. The molecule has 0 aliphatic heterocycles. The van der Waals surface area contributed by atoms with E-state index in [2.05, 4.69) is 41.2 Å². The third-order valence-electron chi connectivity index (χ3n) is 3.17. The summed E-state index contributed by atoms with van der Waals surface area (Å²) in [6.07, 6.45) is 0. The van der Waals surface area contributed by atoms with E-state index in [1.54, 1.807) is 11.3 Å². The molecule has 1 heterocycles. The van der Waals surface area contributed by atoms with Crippen molar-refractivity contribution >= 4 is 33.2 Å². The highest BCUT2D eigenvalue weighted by atomic mass is 79.9. The summed E-state index contributed by atoms with van der Waals surface area (Å²) in [6.45, 7) is 4.25. The van der Waals surface area contributed by atoms with Crippen LogP contribution < -0.4 is 5.32 Å². The number of carbonyl (C=O) groups is 1. The maximum absolute atomic E-state index is 12.3. The molecule has 1 unspecified atom stereocenters. The van der Waals surface area contributed by atoms with Crippen LogP contribution in [0.3, 0.4) is 0 Å². The minimum absolute atomic E-state index is 0.0155. The molecule has 2 aromatic rings. The van der Waals surface area contributed by atoms with Gasteiger partial charge in [-0.1, -0.05) is 48.0 Å². The zero-order valence-electron chi connectivity index (χ0n) is 11.6. The van der Waals surface area contributed by atoms with Crippen LogP contribution in [-0.4, -0.2) is 5.91 Å². The molecule has 1 aromatic heterocycles. The maximum Gasteiger partial charge on any atom is 0.251 e. The largest absolute Gasteiger partial charge is 0.344 e. The van der Waals surface area contributed by atoms with Crippen molar-refractivity contribution in [3.63, 3.8) is 0 Å². The Hall–Kier alpha value is -1.13. The average Bonchev–Trinajstić information content (AvgIpc) is 2.98. The summed E-state index contributed by atoms with van der Waals surface area (Å²) >= 11 is 5.09. The Kier molecular flexibility index (Phi) is 5.38. The molecule has 0 saturated carbocycles. The van der Waals surface area contributed by atoms with E-state index in [1.165, 1.54) is 10.4 Å². The Balaban J connectivity index is 2.12. The Bertz CT molecular complexity index is 548. The molecular formula is C16H18BrNOS. The standard InChI is InChI=1S/C16H18BrNOS/c1-11(2)15(14-4-3-9-20-14)18-16(19)13-7-5-12(10-17)6-8-13/h3-9,11,15H,10H2,1-2H3,(H,18,19). The topological polar surface area (TPSA) is 29.1 Å². The first kappa shape index (κ1) is 15.3. The number of thiophene rings is 1. The monoisotopic (exact) mass is 351 g/mol. The summed E-state index contributed by atoms with van der Waals surface area (Å²) in [5, 5.41) is 5.98. The van der Waals surface area contributed by atoms with Gasteiger partial charge in [-0.05, 0) is 35.1 Å². The second-order valence-corrected chi connectivity index (χ2v) is 6.58. The number of amides is 1. The van der Waals surface area contributed by atoms with Crippen LogP contribution in [0.1, 0.15) is 40.7 Å². The first-order valence-corrected chi connectivity index (χ1v) is 8.61. The Morgan fingerprint density at radius 1 is 1.25 bits per heavy atom. The molecule has 0 fully saturated rings. The lowest BCUT2D eigenvalue weighted by Gasteiger charge is -2.21. The van der Waals surface area contributed by atoms with Gasteiger partial charge in [-0.3, -0.25) is 4.79 Å². The molecule has 2 rings (SSSR count). The van der Waals surface area contributed by atoms with Gasteiger partial charge in [-0.25, -0.2) is 0 Å².